The second kappa shape index (κ2) is 15.2. The Kier molecular flexibility index (Phi) is 8.58. The van der Waals surface area contributed by atoms with Crippen LogP contribution in [0, 0.1) is 6.33 Å². The third-order valence-electron chi connectivity index (χ3n) is 14.0. The van der Waals surface area contributed by atoms with Gasteiger partial charge in [-0.3, -0.25) is 13.7 Å². The molecule has 0 amide bonds. The third kappa shape index (κ3) is 5.80. The van der Waals surface area contributed by atoms with Crippen molar-refractivity contribution in [2.24, 2.45) is 14.1 Å². The number of aromatic nitrogens is 6. The monoisotopic (exact) mass is 886 g/mol. The zero-order valence-electron chi connectivity index (χ0n) is 37.9. The first-order chi connectivity index (χ1) is 34.1. The van der Waals surface area contributed by atoms with Gasteiger partial charge in [-0.2, -0.15) is 0 Å². The minimum Gasteiger partial charge on any atom is -0.458 e. The van der Waals surface area contributed by atoms with Crippen molar-refractivity contribution in [3.8, 4) is 50.9 Å². The highest BCUT2D eigenvalue weighted by Crippen LogP contribution is 2.49. The molecule has 0 aliphatic carbocycles. The van der Waals surface area contributed by atoms with Gasteiger partial charge in [-0.05, 0) is 76.9 Å². The normalized spacial score (nSPS) is 11.9. The number of para-hydroxylation sites is 5. The van der Waals surface area contributed by atoms with E-state index in [1.807, 2.05) is 18.3 Å². The second-order valence-corrected chi connectivity index (χ2v) is 17.8. The van der Waals surface area contributed by atoms with Crippen molar-refractivity contribution in [1.29, 1.82) is 0 Å². The Morgan fingerprint density at radius 1 is 0.449 bits per heavy atom. The minimum atomic E-state index is 0.715. The van der Waals surface area contributed by atoms with Crippen LogP contribution >= 0.6 is 0 Å². The standard InChI is InChI=1S/C62H42N6O/c1-64-50-29-11-9-25-47(50)57-56-49-35-34-44(38-54(49)68(55-33-15-16-36-63-55)60(56)58-48-26-10-12-30-51(48)65(2)62(58)61(57)64)69-43-24-17-23-42(37-43)66-39-67(53-32-14-13-31-52(53)66)59-45(40-19-5-3-6-20-40)27-18-28-46(59)41-21-7-4-8-22-41/h3-38H,1-2H3. The molecule has 14 aromatic rings. The molecule has 7 nitrogen and oxygen atoms in total. The fourth-order valence-corrected chi connectivity index (χ4v) is 11.1. The zero-order valence-corrected chi connectivity index (χ0v) is 37.9. The number of nitrogens with zero attached hydrogens (tertiary/aromatic N) is 6. The Morgan fingerprint density at radius 2 is 1.01 bits per heavy atom. The van der Waals surface area contributed by atoms with E-state index in [0.717, 1.165) is 72.6 Å². The molecule has 0 unspecified atom stereocenters. The summed E-state index contributed by atoms with van der Waals surface area (Å²) in [6.45, 7) is 0. The number of aryl methyl sites for hydroxylation is 2. The number of hydrogen-bond acceptors (Lipinski definition) is 2. The summed E-state index contributed by atoms with van der Waals surface area (Å²) in [5.41, 5.74) is 15.5. The molecule has 0 aliphatic heterocycles. The highest BCUT2D eigenvalue weighted by molar-refractivity contribution is 6.40. The quantitative estimate of drug-likeness (QED) is 0.118. The van der Waals surface area contributed by atoms with Gasteiger partial charge in [0.15, 0.2) is 0 Å². The van der Waals surface area contributed by atoms with E-state index in [4.69, 9.17) is 9.72 Å². The van der Waals surface area contributed by atoms with Gasteiger partial charge in [-0.15, -0.1) is 0 Å². The summed E-state index contributed by atoms with van der Waals surface area (Å²) < 4.78 is 18.4. The Bertz CT molecular complexity index is 4290. The highest BCUT2D eigenvalue weighted by atomic mass is 16.5. The largest absolute Gasteiger partial charge is 0.458 e. The predicted octanol–water partition coefficient (Wildman–Crippen LogP) is 14.6. The fourth-order valence-electron chi connectivity index (χ4n) is 11.1. The molecule has 326 valence electrons. The lowest BCUT2D eigenvalue weighted by Crippen LogP contribution is -2.29. The lowest BCUT2D eigenvalue weighted by Gasteiger charge is -2.17. The smallest absolute Gasteiger partial charge is 0.269 e. The third-order valence-corrected chi connectivity index (χ3v) is 14.0. The van der Waals surface area contributed by atoms with E-state index in [0.29, 0.717) is 5.75 Å². The van der Waals surface area contributed by atoms with Crippen LogP contribution in [0.3, 0.4) is 0 Å². The zero-order chi connectivity index (χ0) is 45.7. The van der Waals surface area contributed by atoms with Crippen LogP contribution in [0.25, 0.3) is 116 Å². The van der Waals surface area contributed by atoms with Crippen molar-refractivity contribution < 1.29 is 9.30 Å². The molecule has 5 heterocycles. The van der Waals surface area contributed by atoms with Gasteiger partial charge in [0.05, 0.1) is 44.5 Å². The predicted molar refractivity (Wildman–Crippen MR) is 281 cm³/mol. The van der Waals surface area contributed by atoms with Crippen LogP contribution in [0.5, 0.6) is 11.5 Å². The topological polar surface area (TPSA) is 45.7 Å². The van der Waals surface area contributed by atoms with E-state index in [9.17, 15) is 0 Å². The molecule has 9 aromatic carbocycles. The molecule has 0 bridgehead atoms. The summed E-state index contributed by atoms with van der Waals surface area (Å²) in [6.07, 6.45) is 5.70. The first-order valence-electron chi connectivity index (χ1n) is 23.3. The molecule has 0 fully saturated rings. The Balaban J connectivity index is 0.963. The van der Waals surface area contributed by atoms with Crippen LogP contribution in [0.15, 0.2) is 219 Å². The summed E-state index contributed by atoms with van der Waals surface area (Å²) >= 11 is 0. The Morgan fingerprint density at radius 3 is 1.71 bits per heavy atom. The number of imidazole rings is 1. The SMILES string of the molecule is Cn1c2ccccc2c2c3c4ccc(Oc5cccc(-[n+]6[c-]n(-c7c(-c8ccccc8)cccc7-c7ccccc7)c7ccccc76)c5)cc4n(-c4ccccn4)c3c3c4ccccc4n(C)c3c21. The highest BCUT2D eigenvalue weighted by Gasteiger charge is 2.27. The van der Waals surface area contributed by atoms with E-state index < -0.39 is 0 Å². The first-order valence-corrected chi connectivity index (χ1v) is 23.3. The molecular formula is C62H42N6O. The van der Waals surface area contributed by atoms with E-state index >= 15 is 0 Å². The van der Waals surface area contributed by atoms with E-state index in [2.05, 4.69) is 243 Å². The van der Waals surface area contributed by atoms with Gasteiger partial charge in [0.2, 0.25) is 0 Å². The number of rotatable bonds is 7. The molecule has 14 rings (SSSR count). The minimum absolute atomic E-state index is 0.715. The fraction of sp³-hybridized carbons (Fsp3) is 0.0323. The van der Waals surface area contributed by atoms with Gasteiger partial charge in [-0.25, -0.2) is 4.98 Å². The maximum Gasteiger partial charge on any atom is 0.269 e. The van der Waals surface area contributed by atoms with Crippen molar-refractivity contribution in [2.75, 3.05) is 0 Å². The molecule has 69 heavy (non-hydrogen) atoms. The van der Waals surface area contributed by atoms with Gasteiger partial charge in [0, 0.05) is 69.7 Å². The molecule has 0 aliphatic rings. The molecule has 7 heteroatoms. The molecular weight excluding hydrogens is 845 g/mol. The van der Waals surface area contributed by atoms with Crippen molar-refractivity contribution in [3.63, 3.8) is 0 Å². The lowest BCUT2D eigenvalue weighted by atomic mass is 9.95. The van der Waals surface area contributed by atoms with Gasteiger partial charge < -0.3 is 13.9 Å². The number of fused-ring (bicyclic) bond motifs is 13. The Labute approximate surface area is 397 Å². The number of benzene rings is 9. The summed E-state index contributed by atoms with van der Waals surface area (Å²) in [4.78, 5) is 5.02. The summed E-state index contributed by atoms with van der Waals surface area (Å²) in [5.74, 6) is 2.29. The summed E-state index contributed by atoms with van der Waals surface area (Å²) in [6, 6.07) is 74.8. The number of ether oxygens (including phenoxy) is 1. The lowest BCUT2D eigenvalue weighted by molar-refractivity contribution is -0.572. The van der Waals surface area contributed by atoms with Gasteiger partial charge in [0.25, 0.3) is 6.33 Å². The van der Waals surface area contributed by atoms with Crippen molar-refractivity contribution >= 4 is 76.5 Å². The van der Waals surface area contributed by atoms with Crippen LogP contribution in [0.4, 0.5) is 0 Å². The molecule has 0 spiro atoms. The van der Waals surface area contributed by atoms with Crippen LogP contribution in [-0.2, 0) is 14.1 Å². The first kappa shape index (κ1) is 39.0. The number of hydrogen-bond donors (Lipinski definition) is 0. The molecule has 5 aromatic heterocycles. The van der Waals surface area contributed by atoms with Crippen molar-refractivity contribution in [3.05, 3.63) is 225 Å². The maximum absolute atomic E-state index is 6.94. The molecule has 0 saturated carbocycles. The second-order valence-electron chi connectivity index (χ2n) is 17.8. The average molecular weight is 887 g/mol. The van der Waals surface area contributed by atoms with E-state index in [1.165, 1.54) is 49.0 Å². The maximum atomic E-state index is 6.94. The molecule has 0 N–H and O–H groups in total. The Hall–Kier alpha value is -9.20. The van der Waals surface area contributed by atoms with Crippen molar-refractivity contribution in [1.82, 2.24) is 23.3 Å². The molecule has 0 radical (unpaired) electrons. The van der Waals surface area contributed by atoms with Crippen LogP contribution < -0.4 is 9.30 Å². The van der Waals surface area contributed by atoms with Gasteiger partial charge >= 0.3 is 0 Å². The summed E-state index contributed by atoms with van der Waals surface area (Å²) in [5, 5.41) is 7.20. The average Bonchev–Trinajstić information content (AvgIpc) is 4.13. The van der Waals surface area contributed by atoms with Gasteiger partial charge in [0.1, 0.15) is 17.3 Å². The van der Waals surface area contributed by atoms with Crippen LogP contribution in [-0.4, -0.2) is 23.3 Å². The van der Waals surface area contributed by atoms with Gasteiger partial charge in [-0.1, -0.05) is 152 Å². The molecule has 0 saturated heterocycles. The van der Waals surface area contributed by atoms with Crippen molar-refractivity contribution in [2.45, 2.75) is 0 Å². The summed E-state index contributed by atoms with van der Waals surface area (Å²) in [7, 11) is 4.39. The molecule has 0 atom stereocenters. The number of pyridine rings is 1. The van der Waals surface area contributed by atoms with E-state index in [-0.39, 0.29) is 0 Å². The van der Waals surface area contributed by atoms with E-state index in [1.54, 1.807) is 0 Å². The van der Waals surface area contributed by atoms with Crippen LogP contribution in [0.1, 0.15) is 0 Å². The van der Waals surface area contributed by atoms with Crippen LogP contribution in [0.2, 0.25) is 0 Å².